The summed E-state index contributed by atoms with van der Waals surface area (Å²) in [7, 11) is 0. The number of ether oxygens (including phenoxy) is 1. The first-order valence-electron chi connectivity index (χ1n) is 6.21. The number of rotatable bonds is 4. The molecule has 1 aromatic carbocycles. The Balaban J connectivity index is 2.31. The van der Waals surface area contributed by atoms with Crippen LogP contribution in [0.4, 0.5) is 4.39 Å². The summed E-state index contributed by atoms with van der Waals surface area (Å²) in [4.78, 5) is 0. The zero-order valence-corrected chi connectivity index (χ0v) is 12.0. The summed E-state index contributed by atoms with van der Waals surface area (Å²) in [6.45, 7) is 3.57. The average molecular weight is 314 g/mol. The van der Waals surface area contributed by atoms with Crippen LogP contribution in [-0.4, -0.2) is 13.2 Å². The Kier molecular flexibility index (Phi) is 4.78. The second-order valence-corrected chi connectivity index (χ2v) is 5.24. The standard InChI is InChI=1S/C14H17BrFNO/c1-2-17-14(10-4-3-7-18-9-10)12-6-5-11(15)8-13(12)16/h5-6,8-9,14,17H,2-4,7H2,1H3. The molecule has 98 valence electrons. The van der Waals surface area contributed by atoms with Crippen LogP contribution in [0.25, 0.3) is 0 Å². The summed E-state index contributed by atoms with van der Waals surface area (Å²) in [6, 6.07) is 5.10. The molecule has 2 rings (SSSR count). The van der Waals surface area contributed by atoms with Crippen LogP contribution in [0.2, 0.25) is 0 Å². The molecule has 1 aliphatic rings. The van der Waals surface area contributed by atoms with Crippen molar-refractivity contribution in [2.45, 2.75) is 25.8 Å². The van der Waals surface area contributed by atoms with Gasteiger partial charge in [0, 0.05) is 10.0 Å². The highest BCUT2D eigenvalue weighted by atomic mass is 79.9. The van der Waals surface area contributed by atoms with Crippen LogP contribution in [0.5, 0.6) is 0 Å². The Bertz CT molecular complexity index is 447. The molecule has 1 aliphatic heterocycles. The first kappa shape index (κ1) is 13.6. The van der Waals surface area contributed by atoms with Gasteiger partial charge in [-0.3, -0.25) is 0 Å². The minimum Gasteiger partial charge on any atom is -0.501 e. The summed E-state index contributed by atoms with van der Waals surface area (Å²) in [6.07, 6.45) is 3.72. The van der Waals surface area contributed by atoms with Crippen LogP contribution in [-0.2, 0) is 4.74 Å². The molecule has 0 radical (unpaired) electrons. The predicted octanol–water partition coefficient (Wildman–Crippen LogP) is 3.93. The Morgan fingerprint density at radius 3 is 2.94 bits per heavy atom. The average Bonchev–Trinajstić information content (AvgIpc) is 2.38. The molecule has 0 spiro atoms. The molecule has 1 atom stereocenters. The maximum absolute atomic E-state index is 14.0. The van der Waals surface area contributed by atoms with Gasteiger partial charge in [-0.25, -0.2) is 4.39 Å². The highest BCUT2D eigenvalue weighted by molar-refractivity contribution is 9.10. The van der Waals surface area contributed by atoms with E-state index in [9.17, 15) is 4.39 Å². The highest BCUT2D eigenvalue weighted by Crippen LogP contribution is 2.30. The first-order chi connectivity index (χ1) is 8.72. The van der Waals surface area contributed by atoms with Gasteiger partial charge in [0.15, 0.2) is 0 Å². The van der Waals surface area contributed by atoms with Crippen LogP contribution >= 0.6 is 15.9 Å². The summed E-state index contributed by atoms with van der Waals surface area (Å²) in [5, 5.41) is 3.33. The van der Waals surface area contributed by atoms with Gasteiger partial charge in [0.1, 0.15) is 5.82 Å². The van der Waals surface area contributed by atoms with Crippen molar-refractivity contribution in [1.82, 2.24) is 5.32 Å². The Morgan fingerprint density at radius 1 is 1.50 bits per heavy atom. The fraction of sp³-hybridized carbons (Fsp3) is 0.429. The van der Waals surface area contributed by atoms with Crippen LogP contribution in [0, 0.1) is 5.82 Å². The molecule has 1 N–H and O–H groups in total. The topological polar surface area (TPSA) is 21.3 Å². The van der Waals surface area contributed by atoms with E-state index < -0.39 is 0 Å². The lowest BCUT2D eigenvalue weighted by atomic mass is 9.95. The molecule has 0 saturated heterocycles. The number of halogens is 2. The number of nitrogens with one attached hydrogen (secondary N) is 1. The van der Waals surface area contributed by atoms with Crippen molar-refractivity contribution in [3.63, 3.8) is 0 Å². The van der Waals surface area contributed by atoms with E-state index in [1.54, 1.807) is 6.26 Å². The van der Waals surface area contributed by atoms with E-state index in [0.29, 0.717) is 5.56 Å². The maximum atomic E-state index is 14.0. The fourth-order valence-electron chi connectivity index (χ4n) is 2.18. The Hall–Kier alpha value is -0.870. The summed E-state index contributed by atoms with van der Waals surface area (Å²) >= 11 is 3.28. The zero-order valence-electron chi connectivity index (χ0n) is 10.4. The van der Waals surface area contributed by atoms with Gasteiger partial charge in [0.05, 0.1) is 18.9 Å². The van der Waals surface area contributed by atoms with Gasteiger partial charge < -0.3 is 10.1 Å². The van der Waals surface area contributed by atoms with Crippen molar-refractivity contribution >= 4 is 15.9 Å². The molecular formula is C14H17BrFNO. The van der Waals surface area contributed by atoms with Crippen LogP contribution < -0.4 is 5.32 Å². The van der Waals surface area contributed by atoms with Crippen molar-refractivity contribution < 1.29 is 9.13 Å². The molecule has 0 amide bonds. The van der Waals surface area contributed by atoms with E-state index in [0.717, 1.165) is 36.0 Å². The minimum absolute atomic E-state index is 0.0941. The van der Waals surface area contributed by atoms with Gasteiger partial charge in [-0.15, -0.1) is 0 Å². The molecule has 0 fully saturated rings. The first-order valence-corrected chi connectivity index (χ1v) is 7.00. The number of hydrogen-bond acceptors (Lipinski definition) is 2. The Morgan fingerprint density at radius 2 is 2.33 bits per heavy atom. The fourth-order valence-corrected chi connectivity index (χ4v) is 2.51. The summed E-state index contributed by atoms with van der Waals surface area (Å²) in [5.74, 6) is -0.193. The van der Waals surface area contributed by atoms with Crippen molar-refractivity contribution in [3.05, 3.63) is 45.9 Å². The highest BCUT2D eigenvalue weighted by Gasteiger charge is 2.21. The van der Waals surface area contributed by atoms with Gasteiger partial charge in [0.2, 0.25) is 0 Å². The number of likely N-dealkylation sites (N-methyl/N-ethyl adjacent to an activating group) is 1. The van der Waals surface area contributed by atoms with Gasteiger partial charge >= 0.3 is 0 Å². The van der Waals surface area contributed by atoms with Gasteiger partial charge in [0.25, 0.3) is 0 Å². The molecule has 0 saturated carbocycles. The molecule has 1 unspecified atom stereocenters. The minimum atomic E-state index is -0.193. The van der Waals surface area contributed by atoms with E-state index in [1.807, 2.05) is 19.1 Å². The molecule has 0 aromatic heterocycles. The van der Waals surface area contributed by atoms with Gasteiger partial charge in [-0.05, 0) is 37.1 Å². The van der Waals surface area contributed by atoms with Crippen molar-refractivity contribution in [1.29, 1.82) is 0 Å². The predicted molar refractivity (Wildman–Crippen MR) is 73.8 cm³/mol. The normalized spacial score (nSPS) is 16.9. The van der Waals surface area contributed by atoms with Gasteiger partial charge in [-0.2, -0.15) is 0 Å². The van der Waals surface area contributed by atoms with E-state index in [4.69, 9.17) is 4.74 Å². The second-order valence-electron chi connectivity index (χ2n) is 4.32. The molecule has 0 bridgehead atoms. The van der Waals surface area contributed by atoms with Gasteiger partial charge in [-0.1, -0.05) is 28.9 Å². The van der Waals surface area contributed by atoms with Crippen LogP contribution in [0.3, 0.4) is 0 Å². The SMILES string of the molecule is CCNC(C1=COCCC1)c1ccc(Br)cc1F. The van der Waals surface area contributed by atoms with Crippen LogP contribution in [0.1, 0.15) is 31.4 Å². The summed E-state index contributed by atoms with van der Waals surface area (Å²) in [5.41, 5.74) is 1.79. The Labute approximate surface area is 115 Å². The molecule has 18 heavy (non-hydrogen) atoms. The van der Waals surface area contributed by atoms with E-state index in [1.165, 1.54) is 6.07 Å². The quantitative estimate of drug-likeness (QED) is 0.909. The third kappa shape index (κ3) is 3.12. The van der Waals surface area contributed by atoms with Crippen molar-refractivity contribution in [2.75, 3.05) is 13.2 Å². The molecule has 2 nitrogen and oxygen atoms in total. The van der Waals surface area contributed by atoms with E-state index in [2.05, 4.69) is 21.2 Å². The number of benzene rings is 1. The molecule has 0 aliphatic carbocycles. The lowest BCUT2D eigenvalue weighted by Gasteiger charge is -2.24. The third-order valence-corrected chi connectivity index (χ3v) is 3.51. The third-order valence-electron chi connectivity index (χ3n) is 3.01. The van der Waals surface area contributed by atoms with Crippen LogP contribution in [0.15, 0.2) is 34.5 Å². The summed E-state index contributed by atoms with van der Waals surface area (Å²) < 4.78 is 20.2. The van der Waals surface area contributed by atoms with E-state index in [-0.39, 0.29) is 11.9 Å². The monoisotopic (exact) mass is 313 g/mol. The lowest BCUT2D eigenvalue weighted by molar-refractivity contribution is 0.219. The molecule has 4 heteroatoms. The molecule has 1 aromatic rings. The maximum Gasteiger partial charge on any atom is 0.129 e. The zero-order chi connectivity index (χ0) is 13.0. The lowest BCUT2D eigenvalue weighted by Crippen LogP contribution is -2.25. The largest absolute Gasteiger partial charge is 0.501 e. The second kappa shape index (κ2) is 6.34. The van der Waals surface area contributed by atoms with Crippen molar-refractivity contribution in [3.8, 4) is 0 Å². The smallest absolute Gasteiger partial charge is 0.129 e. The van der Waals surface area contributed by atoms with Crippen molar-refractivity contribution in [2.24, 2.45) is 0 Å². The molecular weight excluding hydrogens is 297 g/mol. The number of hydrogen-bond donors (Lipinski definition) is 1. The molecule has 1 heterocycles. The van der Waals surface area contributed by atoms with E-state index >= 15 is 0 Å².